The molecule has 2 rings (SSSR count). The Morgan fingerprint density at radius 1 is 1.27 bits per heavy atom. The molecule has 0 atom stereocenters. The average Bonchev–Trinajstić information content (AvgIpc) is 3.09. The van der Waals surface area contributed by atoms with Crippen LogP contribution in [0.15, 0.2) is 24.3 Å². The van der Waals surface area contributed by atoms with Gasteiger partial charge in [0.25, 0.3) is 5.91 Å². The van der Waals surface area contributed by atoms with Gasteiger partial charge in [-0.25, -0.2) is 4.79 Å². The summed E-state index contributed by atoms with van der Waals surface area (Å²) in [4.78, 5) is 48.1. The number of rotatable bonds is 8. The van der Waals surface area contributed by atoms with E-state index < -0.39 is 18.5 Å². The van der Waals surface area contributed by atoms with Crippen molar-refractivity contribution in [3.8, 4) is 0 Å². The molecule has 1 fully saturated rings. The fourth-order valence-electron chi connectivity index (χ4n) is 2.55. The fourth-order valence-corrected chi connectivity index (χ4v) is 2.55. The van der Waals surface area contributed by atoms with E-state index in [4.69, 9.17) is 4.74 Å². The second kappa shape index (κ2) is 9.55. The minimum absolute atomic E-state index is 0.0295. The van der Waals surface area contributed by atoms with Crippen LogP contribution >= 0.6 is 0 Å². The summed E-state index contributed by atoms with van der Waals surface area (Å²) in [5.41, 5.74) is 0.926. The zero-order valence-electron chi connectivity index (χ0n) is 14.7. The van der Waals surface area contributed by atoms with Crippen molar-refractivity contribution >= 4 is 29.4 Å². The lowest BCUT2D eigenvalue weighted by atomic mass is 10.2. The Labute approximate surface area is 151 Å². The van der Waals surface area contributed by atoms with E-state index >= 15 is 0 Å². The number of methoxy groups -OCH3 is 1. The van der Waals surface area contributed by atoms with Gasteiger partial charge in [-0.05, 0) is 31.0 Å². The topological polar surface area (TPSA) is 102 Å². The minimum Gasteiger partial charge on any atom is -0.469 e. The summed E-state index contributed by atoms with van der Waals surface area (Å²) in [6.45, 7) is 0.507. The number of hydrogen-bond acceptors (Lipinski definition) is 6. The summed E-state index contributed by atoms with van der Waals surface area (Å²) >= 11 is 0. The van der Waals surface area contributed by atoms with Crippen LogP contribution in [0.25, 0.3) is 0 Å². The molecule has 0 aliphatic carbocycles. The SMILES string of the molecule is COC(=O)CCCNC(=O)COC(=O)c1cccc(N2CCCC2=O)c1. The smallest absolute Gasteiger partial charge is 0.338 e. The van der Waals surface area contributed by atoms with Crippen molar-refractivity contribution in [2.24, 2.45) is 0 Å². The van der Waals surface area contributed by atoms with Crippen molar-refractivity contribution in [2.45, 2.75) is 25.7 Å². The third kappa shape index (κ3) is 5.58. The first-order valence-electron chi connectivity index (χ1n) is 8.42. The largest absolute Gasteiger partial charge is 0.469 e. The lowest BCUT2D eigenvalue weighted by Gasteiger charge is -2.16. The zero-order chi connectivity index (χ0) is 18.9. The summed E-state index contributed by atoms with van der Waals surface area (Å²) in [6.07, 6.45) is 1.95. The first kappa shape index (κ1) is 19.4. The Morgan fingerprint density at radius 2 is 2.08 bits per heavy atom. The van der Waals surface area contributed by atoms with E-state index in [-0.39, 0.29) is 30.4 Å². The number of anilines is 1. The first-order valence-corrected chi connectivity index (χ1v) is 8.42. The van der Waals surface area contributed by atoms with Gasteiger partial charge in [-0.1, -0.05) is 6.07 Å². The molecule has 140 valence electrons. The fraction of sp³-hybridized carbons (Fsp3) is 0.444. The van der Waals surface area contributed by atoms with E-state index in [0.717, 1.165) is 6.42 Å². The lowest BCUT2D eigenvalue weighted by molar-refractivity contribution is -0.140. The molecule has 26 heavy (non-hydrogen) atoms. The van der Waals surface area contributed by atoms with Gasteiger partial charge in [0, 0.05) is 31.6 Å². The predicted molar refractivity (Wildman–Crippen MR) is 92.6 cm³/mol. The third-order valence-corrected chi connectivity index (χ3v) is 3.91. The lowest BCUT2D eigenvalue weighted by Crippen LogP contribution is -2.30. The molecule has 0 saturated carbocycles. The van der Waals surface area contributed by atoms with Gasteiger partial charge in [-0.15, -0.1) is 0 Å². The summed E-state index contributed by atoms with van der Waals surface area (Å²) in [5, 5.41) is 2.55. The summed E-state index contributed by atoms with van der Waals surface area (Å²) in [7, 11) is 1.30. The molecule has 0 spiro atoms. The Kier molecular flexibility index (Phi) is 7.13. The molecule has 1 aliphatic rings. The molecule has 0 bridgehead atoms. The van der Waals surface area contributed by atoms with Crippen LogP contribution in [-0.4, -0.2) is 50.6 Å². The van der Waals surface area contributed by atoms with E-state index in [0.29, 0.717) is 25.1 Å². The van der Waals surface area contributed by atoms with E-state index in [1.165, 1.54) is 7.11 Å². The molecule has 8 nitrogen and oxygen atoms in total. The molecule has 2 amide bonds. The van der Waals surface area contributed by atoms with Crippen LogP contribution in [0.1, 0.15) is 36.0 Å². The zero-order valence-corrected chi connectivity index (χ0v) is 14.7. The number of nitrogens with zero attached hydrogens (tertiary/aromatic N) is 1. The number of ether oxygens (including phenoxy) is 2. The van der Waals surface area contributed by atoms with E-state index in [9.17, 15) is 19.2 Å². The highest BCUT2D eigenvalue weighted by molar-refractivity contribution is 5.97. The Balaban J connectivity index is 1.78. The molecule has 1 aromatic rings. The average molecular weight is 362 g/mol. The van der Waals surface area contributed by atoms with Gasteiger partial charge in [0.15, 0.2) is 6.61 Å². The molecule has 1 heterocycles. The molecular formula is C18H22N2O6. The highest BCUT2D eigenvalue weighted by atomic mass is 16.5. The van der Waals surface area contributed by atoms with E-state index in [1.54, 1.807) is 29.2 Å². The van der Waals surface area contributed by atoms with Gasteiger partial charge in [-0.2, -0.15) is 0 Å². The number of amides is 2. The van der Waals surface area contributed by atoms with E-state index in [1.807, 2.05) is 0 Å². The van der Waals surface area contributed by atoms with Crippen LogP contribution in [0.2, 0.25) is 0 Å². The van der Waals surface area contributed by atoms with Gasteiger partial charge in [0.1, 0.15) is 0 Å². The highest BCUT2D eigenvalue weighted by Crippen LogP contribution is 2.22. The van der Waals surface area contributed by atoms with Crippen LogP contribution < -0.4 is 10.2 Å². The Hall–Kier alpha value is -2.90. The van der Waals surface area contributed by atoms with E-state index in [2.05, 4.69) is 10.1 Å². The summed E-state index contributed by atoms with van der Waals surface area (Å²) in [5.74, 6) is -1.40. The van der Waals surface area contributed by atoms with Crippen molar-refractivity contribution in [1.29, 1.82) is 0 Å². The molecule has 0 unspecified atom stereocenters. The number of hydrogen-bond donors (Lipinski definition) is 1. The molecule has 0 radical (unpaired) electrons. The molecule has 0 aromatic heterocycles. The number of carbonyl (C=O) groups excluding carboxylic acids is 4. The van der Waals surface area contributed by atoms with Crippen LogP contribution in [0, 0.1) is 0 Å². The normalized spacial score (nSPS) is 13.4. The molecule has 1 aliphatic heterocycles. The van der Waals surface area contributed by atoms with Crippen molar-refractivity contribution in [1.82, 2.24) is 5.32 Å². The molecule has 1 N–H and O–H groups in total. The van der Waals surface area contributed by atoms with Gasteiger partial charge in [0.05, 0.1) is 12.7 Å². The number of esters is 2. The van der Waals surface area contributed by atoms with Crippen LogP contribution in [-0.2, 0) is 23.9 Å². The quantitative estimate of drug-likeness (QED) is 0.548. The summed E-state index contributed by atoms with van der Waals surface area (Å²) in [6, 6.07) is 6.58. The summed E-state index contributed by atoms with van der Waals surface area (Å²) < 4.78 is 9.48. The van der Waals surface area contributed by atoms with Crippen LogP contribution in [0.5, 0.6) is 0 Å². The van der Waals surface area contributed by atoms with Crippen molar-refractivity contribution in [3.05, 3.63) is 29.8 Å². The van der Waals surface area contributed by atoms with Crippen molar-refractivity contribution < 1.29 is 28.7 Å². The highest BCUT2D eigenvalue weighted by Gasteiger charge is 2.22. The molecular weight excluding hydrogens is 340 g/mol. The second-order valence-corrected chi connectivity index (χ2v) is 5.81. The Morgan fingerprint density at radius 3 is 2.77 bits per heavy atom. The van der Waals surface area contributed by atoms with Gasteiger partial charge >= 0.3 is 11.9 Å². The number of nitrogens with one attached hydrogen (secondary N) is 1. The predicted octanol–water partition coefficient (Wildman–Crippen LogP) is 1.04. The molecule has 1 saturated heterocycles. The first-order chi connectivity index (χ1) is 12.5. The van der Waals surface area contributed by atoms with Crippen LogP contribution in [0.3, 0.4) is 0 Å². The van der Waals surface area contributed by atoms with Crippen molar-refractivity contribution in [2.75, 3.05) is 31.7 Å². The Bertz CT molecular complexity index is 688. The third-order valence-electron chi connectivity index (χ3n) is 3.91. The van der Waals surface area contributed by atoms with Crippen molar-refractivity contribution in [3.63, 3.8) is 0 Å². The van der Waals surface area contributed by atoms with Gasteiger partial charge in [-0.3, -0.25) is 14.4 Å². The van der Waals surface area contributed by atoms with Gasteiger partial charge < -0.3 is 19.7 Å². The molecule has 8 heteroatoms. The second-order valence-electron chi connectivity index (χ2n) is 5.81. The molecule has 1 aromatic carbocycles. The maximum atomic E-state index is 12.1. The minimum atomic E-state index is -0.636. The maximum Gasteiger partial charge on any atom is 0.338 e. The maximum absolute atomic E-state index is 12.1. The van der Waals surface area contributed by atoms with Crippen LogP contribution in [0.4, 0.5) is 5.69 Å². The number of carbonyl (C=O) groups is 4. The van der Waals surface area contributed by atoms with Gasteiger partial charge in [0.2, 0.25) is 5.91 Å². The standard InChI is InChI=1S/C18H22N2O6/c1-25-17(23)8-3-9-19-15(21)12-26-18(24)13-5-2-6-14(11-13)20-10-4-7-16(20)22/h2,5-6,11H,3-4,7-10,12H2,1H3,(H,19,21). The monoisotopic (exact) mass is 362 g/mol. The number of benzene rings is 1.